The van der Waals surface area contributed by atoms with Crippen LogP contribution in [0.1, 0.15) is 50.6 Å². The highest BCUT2D eigenvalue weighted by Crippen LogP contribution is 2.31. The second-order valence-corrected chi connectivity index (χ2v) is 8.80. The highest BCUT2D eigenvalue weighted by atomic mass is 79.9. The predicted octanol–water partition coefficient (Wildman–Crippen LogP) is 5.23. The third kappa shape index (κ3) is 4.62. The fourth-order valence-electron chi connectivity index (χ4n) is 3.46. The first-order valence-corrected chi connectivity index (χ1v) is 11.2. The zero-order valence-corrected chi connectivity index (χ0v) is 19.7. The SMILES string of the molecule is Cc1c(C(=O)Nc2ccccc2Br)oc2c1/C(=N/NC(=O)c1cncc(Br)c1)CCC2. The second-order valence-electron chi connectivity index (χ2n) is 7.03. The van der Waals surface area contributed by atoms with Gasteiger partial charge in [-0.2, -0.15) is 5.10 Å². The van der Waals surface area contributed by atoms with Crippen LogP contribution in [0.2, 0.25) is 0 Å². The number of halogens is 2. The summed E-state index contributed by atoms with van der Waals surface area (Å²) in [4.78, 5) is 29.3. The standard InChI is InChI=1S/C22H18Br2N4O3/c1-12-19-17(27-28-21(29)13-9-14(23)11-25-10-13)7-4-8-18(19)31-20(12)22(30)26-16-6-3-2-5-15(16)24/h2-3,5-6,9-11H,4,7-8H2,1H3,(H,26,30)(H,28,29)/b27-17+. The summed E-state index contributed by atoms with van der Waals surface area (Å²) < 4.78 is 7.40. The van der Waals surface area contributed by atoms with Crippen molar-refractivity contribution in [2.24, 2.45) is 5.10 Å². The zero-order valence-electron chi connectivity index (χ0n) is 16.5. The van der Waals surface area contributed by atoms with Gasteiger partial charge in [-0.3, -0.25) is 14.6 Å². The van der Waals surface area contributed by atoms with Gasteiger partial charge < -0.3 is 9.73 Å². The Labute approximate surface area is 195 Å². The number of anilines is 1. The third-order valence-corrected chi connectivity index (χ3v) is 6.04. The first-order chi connectivity index (χ1) is 14.9. The van der Waals surface area contributed by atoms with Crippen LogP contribution in [0.15, 0.2) is 61.2 Å². The molecule has 0 fully saturated rings. The number of aromatic nitrogens is 1. The molecule has 31 heavy (non-hydrogen) atoms. The van der Waals surface area contributed by atoms with E-state index in [2.05, 4.69) is 52.7 Å². The molecule has 0 aliphatic heterocycles. The monoisotopic (exact) mass is 544 g/mol. The number of para-hydroxylation sites is 1. The summed E-state index contributed by atoms with van der Waals surface area (Å²) in [7, 11) is 0. The van der Waals surface area contributed by atoms with Crippen LogP contribution in [0.5, 0.6) is 0 Å². The quantitative estimate of drug-likeness (QED) is 0.439. The maximum absolute atomic E-state index is 12.8. The van der Waals surface area contributed by atoms with Crippen molar-refractivity contribution >= 4 is 55.1 Å². The molecule has 2 aromatic heterocycles. The molecule has 7 nitrogen and oxygen atoms in total. The average Bonchev–Trinajstić information content (AvgIpc) is 3.11. The number of nitrogens with one attached hydrogen (secondary N) is 2. The van der Waals surface area contributed by atoms with Crippen LogP contribution in [-0.4, -0.2) is 22.5 Å². The molecule has 0 unspecified atom stereocenters. The molecule has 9 heteroatoms. The number of nitrogens with zero attached hydrogens (tertiary/aromatic N) is 2. The van der Waals surface area contributed by atoms with Crippen molar-refractivity contribution in [1.29, 1.82) is 0 Å². The Bertz CT molecular complexity index is 1200. The molecule has 0 radical (unpaired) electrons. The van der Waals surface area contributed by atoms with Crippen molar-refractivity contribution in [2.75, 3.05) is 5.32 Å². The van der Waals surface area contributed by atoms with Gasteiger partial charge in [0.25, 0.3) is 11.8 Å². The van der Waals surface area contributed by atoms with Crippen LogP contribution < -0.4 is 10.7 Å². The summed E-state index contributed by atoms with van der Waals surface area (Å²) >= 11 is 6.73. The molecular formula is C22H18Br2N4O3. The van der Waals surface area contributed by atoms with Gasteiger partial charge in [0.2, 0.25) is 0 Å². The summed E-state index contributed by atoms with van der Waals surface area (Å²) in [6, 6.07) is 9.04. The molecular weight excluding hydrogens is 528 g/mol. The fraction of sp³-hybridized carbons (Fsp3) is 0.182. The fourth-order valence-corrected chi connectivity index (χ4v) is 4.21. The van der Waals surface area contributed by atoms with Crippen molar-refractivity contribution in [3.8, 4) is 0 Å². The van der Waals surface area contributed by atoms with Gasteiger partial charge in [-0.05, 0) is 69.8 Å². The molecule has 0 bridgehead atoms. The number of hydrogen-bond donors (Lipinski definition) is 2. The number of benzene rings is 1. The average molecular weight is 546 g/mol. The van der Waals surface area contributed by atoms with E-state index < -0.39 is 0 Å². The molecule has 1 aliphatic carbocycles. The van der Waals surface area contributed by atoms with E-state index in [0.717, 1.165) is 16.5 Å². The topological polar surface area (TPSA) is 96.6 Å². The Balaban J connectivity index is 1.58. The van der Waals surface area contributed by atoms with Gasteiger partial charge in [0.15, 0.2) is 5.76 Å². The zero-order chi connectivity index (χ0) is 22.0. The van der Waals surface area contributed by atoms with Crippen LogP contribution in [0, 0.1) is 6.92 Å². The minimum atomic E-state index is -0.360. The minimum Gasteiger partial charge on any atom is -0.455 e. The molecule has 0 spiro atoms. The lowest BCUT2D eigenvalue weighted by Gasteiger charge is -2.13. The van der Waals surface area contributed by atoms with Gasteiger partial charge >= 0.3 is 0 Å². The number of hydrogen-bond acceptors (Lipinski definition) is 5. The Morgan fingerprint density at radius 1 is 1.13 bits per heavy atom. The van der Waals surface area contributed by atoms with E-state index in [0.29, 0.717) is 45.6 Å². The minimum absolute atomic E-state index is 0.248. The number of pyridine rings is 1. The van der Waals surface area contributed by atoms with Crippen LogP contribution in [0.25, 0.3) is 0 Å². The van der Waals surface area contributed by atoms with Gasteiger partial charge in [0.1, 0.15) is 5.76 Å². The first-order valence-electron chi connectivity index (χ1n) is 9.60. The van der Waals surface area contributed by atoms with E-state index in [1.165, 1.54) is 6.20 Å². The first kappa shape index (κ1) is 21.5. The van der Waals surface area contributed by atoms with E-state index in [1.807, 2.05) is 25.1 Å². The smallest absolute Gasteiger partial charge is 0.291 e. The highest BCUT2D eigenvalue weighted by molar-refractivity contribution is 9.10. The molecule has 2 N–H and O–H groups in total. The maximum Gasteiger partial charge on any atom is 0.291 e. The van der Waals surface area contributed by atoms with Gasteiger partial charge in [0, 0.05) is 38.9 Å². The van der Waals surface area contributed by atoms with Crippen LogP contribution in [0.3, 0.4) is 0 Å². The molecule has 3 aromatic rings. The number of fused-ring (bicyclic) bond motifs is 1. The Hall–Kier alpha value is -2.78. The Kier molecular flexibility index (Phi) is 6.33. The van der Waals surface area contributed by atoms with Crippen molar-refractivity contribution < 1.29 is 14.0 Å². The molecule has 2 heterocycles. The molecule has 0 saturated heterocycles. The molecule has 158 valence electrons. The number of hydrazone groups is 1. The van der Waals surface area contributed by atoms with E-state index in [-0.39, 0.29) is 17.6 Å². The summed E-state index contributed by atoms with van der Waals surface area (Å²) in [6.45, 7) is 1.83. The Morgan fingerprint density at radius 2 is 1.94 bits per heavy atom. The molecule has 0 saturated carbocycles. The molecule has 1 aromatic carbocycles. The molecule has 0 atom stereocenters. The molecule has 2 amide bonds. The van der Waals surface area contributed by atoms with Crippen molar-refractivity contribution in [3.05, 3.63) is 79.9 Å². The van der Waals surface area contributed by atoms with Crippen LogP contribution in [0.4, 0.5) is 5.69 Å². The number of carbonyl (C=O) groups is 2. The van der Waals surface area contributed by atoms with E-state index in [1.54, 1.807) is 18.3 Å². The third-order valence-electron chi connectivity index (χ3n) is 4.91. The number of furan rings is 1. The summed E-state index contributed by atoms with van der Waals surface area (Å²) in [6.07, 6.45) is 5.28. The largest absolute Gasteiger partial charge is 0.455 e. The number of rotatable bonds is 4. The number of aryl methyl sites for hydroxylation is 1. The lowest BCUT2D eigenvalue weighted by atomic mass is 9.93. The number of amides is 2. The van der Waals surface area contributed by atoms with Crippen molar-refractivity contribution in [1.82, 2.24) is 10.4 Å². The normalized spacial score (nSPS) is 14.2. The Morgan fingerprint density at radius 3 is 2.71 bits per heavy atom. The van der Waals surface area contributed by atoms with Crippen molar-refractivity contribution in [2.45, 2.75) is 26.2 Å². The number of carbonyl (C=O) groups excluding carboxylic acids is 2. The predicted molar refractivity (Wildman–Crippen MR) is 124 cm³/mol. The van der Waals surface area contributed by atoms with E-state index >= 15 is 0 Å². The molecule has 4 rings (SSSR count). The summed E-state index contributed by atoms with van der Waals surface area (Å²) in [5.41, 5.74) is 5.83. The summed E-state index contributed by atoms with van der Waals surface area (Å²) in [5, 5.41) is 7.20. The lowest BCUT2D eigenvalue weighted by molar-refractivity contribution is 0.0953. The van der Waals surface area contributed by atoms with E-state index in [4.69, 9.17) is 4.42 Å². The second kappa shape index (κ2) is 9.15. The maximum atomic E-state index is 12.8. The van der Waals surface area contributed by atoms with Gasteiger partial charge in [-0.1, -0.05) is 12.1 Å². The van der Waals surface area contributed by atoms with E-state index in [9.17, 15) is 9.59 Å². The van der Waals surface area contributed by atoms with Gasteiger partial charge in [-0.25, -0.2) is 5.43 Å². The van der Waals surface area contributed by atoms with Gasteiger partial charge in [0.05, 0.1) is 17.0 Å². The van der Waals surface area contributed by atoms with Crippen LogP contribution in [-0.2, 0) is 6.42 Å². The summed E-state index contributed by atoms with van der Waals surface area (Å²) in [5.74, 6) is 0.264. The lowest BCUT2D eigenvalue weighted by Crippen LogP contribution is -2.22. The van der Waals surface area contributed by atoms with Crippen LogP contribution >= 0.6 is 31.9 Å². The van der Waals surface area contributed by atoms with Gasteiger partial charge in [-0.15, -0.1) is 0 Å². The highest BCUT2D eigenvalue weighted by Gasteiger charge is 2.28. The van der Waals surface area contributed by atoms with Crippen molar-refractivity contribution in [3.63, 3.8) is 0 Å². The molecule has 1 aliphatic rings.